The van der Waals surface area contributed by atoms with Crippen molar-refractivity contribution < 1.29 is 5.11 Å². The molecule has 0 spiro atoms. The highest BCUT2D eigenvalue weighted by Gasteiger charge is 2.23. The number of pyridine rings is 1. The predicted molar refractivity (Wildman–Crippen MR) is 77.2 cm³/mol. The molecular formula is C12H11B2ClN2O. The van der Waals surface area contributed by atoms with Crippen LogP contribution in [0.15, 0.2) is 12.1 Å². The molecule has 0 amide bonds. The number of nitrogens with zero attached hydrogens (tertiary/aromatic N) is 1. The first kappa shape index (κ1) is 13.2. The summed E-state index contributed by atoms with van der Waals surface area (Å²) in [7, 11) is 11.8. The number of anilines is 1. The van der Waals surface area contributed by atoms with Crippen molar-refractivity contribution in [2.24, 2.45) is 0 Å². The molecule has 1 aromatic carbocycles. The minimum atomic E-state index is -1.18. The average Bonchev–Trinajstić information content (AvgIpc) is 2.26. The summed E-state index contributed by atoms with van der Waals surface area (Å²) in [5.41, 5.74) is 6.47. The maximum Gasteiger partial charge on any atom is 0.117 e. The van der Waals surface area contributed by atoms with Gasteiger partial charge in [0, 0.05) is 10.7 Å². The third-order valence-electron chi connectivity index (χ3n) is 2.80. The van der Waals surface area contributed by atoms with E-state index in [0.29, 0.717) is 27.1 Å². The standard InChI is InChI=1S/C12H11B2ClN2O/c1-12(2,18)11-10(16)9(14)7-6(17-11)4-3-5(15)8(7)13/h3-4,18H,16H2,1-2H3. The monoisotopic (exact) mass is 256 g/mol. The van der Waals surface area contributed by atoms with Gasteiger partial charge in [-0.15, -0.1) is 0 Å². The molecule has 0 fully saturated rings. The van der Waals surface area contributed by atoms with Gasteiger partial charge in [0.25, 0.3) is 0 Å². The lowest BCUT2D eigenvalue weighted by Gasteiger charge is -2.22. The topological polar surface area (TPSA) is 59.1 Å². The number of aromatic nitrogens is 1. The summed E-state index contributed by atoms with van der Waals surface area (Å²) in [6.07, 6.45) is 0. The molecule has 0 aliphatic carbocycles. The minimum absolute atomic E-state index is 0.226. The van der Waals surface area contributed by atoms with Crippen molar-refractivity contribution >= 4 is 54.8 Å². The second-order valence-corrected chi connectivity index (χ2v) is 5.11. The van der Waals surface area contributed by atoms with Gasteiger partial charge in [0.15, 0.2) is 0 Å². The zero-order chi connectivity index (χ0) is 13.7. The second kappa shape index (κ2) is 4.18. The summed E-state index contributed by atoms with van der Waals surface area (Å²) in [5, 5.41) is 10.9. The molecule has 6 heteroatoms. The van der Waals surface area contributed by atoms with E-state index in [1.54, 1.807) is 26.0 Å². The van der Waals surface area contributed by atoms with Gasteiger partial charge in [0.2, 0.25) is 0 Å². The van der Waals surface area contributed by atoms with E-state index in [0.717, 1.165) is 0 Å². The first-order valence-electron chi connectivity index (χ1n) is 5.39. The van der Waals surface area contributed by atoms with Crippen molar-refractivity contribution in [1.29, 1.82) is 0 Å². The quantitative estimate of drug-likeness (QED) is 0.721. The Morgan fingerprint density at radius 3 is 2.44 bits per heavy atom. The molecule has 0 unspecified atom stereocenters. The molecule has 3 N–H and O–H groups in total. The van der Waals surface area contributed by atoms with Crippen molar-refractivity contribution in [2.45, 2.75) is 19.4 Å². The van der Waals surface area contributed by atoms with E-state index in [2.05, 4.69) is 4.98 Å². The fraction of sp³-hybridized carbons (Fsp3) is 0.250. The van der Waals surface area contributed by atoms with Crippen LogP contribution in [-0.4, -0.2) is 25.8 Å². The second-order valence-electron chi connectivity index (χ2n) is 4.70. The van der Waals surface area contributed by atoms with E-state index in [1.807, 2.05) is 0 Å². The zero-order valence-corrected chi connectivity index (χ0v) is 10.9. The fourth-order valence-corrected chi connectivity index (χ4v) is 2.03. The number of fused-ring (bicyclic) bond motifs is 1. The summed E-state index contributed by atoms with van der Waals surface area (Å²) in [5.74, 6) is 0. The van der Waals surface area contributed by atoms with Crippen molar-refractivity contribution in [1.82, 2.24) is 4.98 Å². The largest absolute Gasteiger partial charge is 0.398 e. The Hall–Kier alpha value is -1.19. The first-order valence-corrected chi connectivity index (χ1v) is 5.76. The molecule has 1 heterocycles. The van der Waals surface area contributed by atoms with Gasteiger partial charge < -0.3 is 10.8 Å². The van der Waals surface area contributed by atoms with E-state index in [4.69, 9.17) is 33.0 Å². The summed E-state index contributed by atoms with van der Waals surface area (Å²) >= 11 is 5.94. The Balaban J connectivity index is 2.92. The van der Waals surface area contributed by atoms with Crippen LogP contribution in [0.5, 0.6) is 0 Å². The van der Waals surface area contributed by atoms with E-state index in [9.17, 15) is 5.11 Å². The normalized spacial score (nSPS) is 12.0. The van der Waals surface area contributed by atoms with Crippen LogP contribution < -0.4 is 16.7 Å². The van der Waals surface area contributed by atoms with E-state index < -0.39 is 5.60 Å². The molecule has 0 aliphatic heterocycles. The van der Waals surface area contributed by atoms with Crippen LogP contribution in [0.3, 0.4) is 0 Å². The molecule has 2 aromatic rings. The highest BCUT2D eigenvalue weighted by Crippen LogP contribution is 2.25. The Morgan fingerprint density at radius 1 is 1.28 bits per heavy atom. The summed E-state index contributed by atoms with van der Waals surface area (Å²) in [4.78, 5) is 4.32. The summed E-state index contributed by atoms with van der Waals surface area (Å²) in [6, 6.07) is 3.33. The number of hydrogen-bond donors (Lipinski definition) is 2. The molecule has 0 saturated carbocycles. The van der Waals surface area contributed by atoms with Crippen LogP contribution in [0, 0.1) is 0 Å². The summed E-state index contributed by atoms with van der Waals surface area (Å²) in [6.45, 7) is 3.19. The van der Waals surface area contributed by atoms with Gasteiger partial charge in [-0.1, -0.05) is 22.5 Å². The summed E-state index contributed by atoms with van der Waals surface area (Å²) < 4.78 is 0. The van der Waals surface area contributed by atoms with Gasteiger partial charge in [-0.3, -0.25) is 0 Å². The molecule has 0 atom stereocenters. The molecule has 2 rings (SSSR count). The molecule has 1 aromatic heterocycles. The lowest BCUT2D eigenvalue weighted by Crippen LogP contribution is -2.28. The van der Waals surface area contributed by atoms with Crippen LogP contribution >= 0.6 is 11.6 Å². The van der Waals surface area contributed by atoms with Gasteiger partial charge in [-0.25, -0.2) is 4.98 Å². The molecule has 0 aliphatic rings. The van der Waals surface area contributed by atoms with Crippen molar-refractivity contribution in [3.8, 4) is 0 Å². The molecule has 4 radical (unpaired) electrons. The maximum atomic E-state index is 10.0. The third-order valence-corrected chi connectivity index (χ3v) is 3.13. The Bertz CT molecular complexity index is 638. The van der Waals surface area contributed by atoms with Gasteiger partial charge in [-0.05, 0) is 31.4 Å². The molecule has 0 saturated heterocycles. The van der Waals surface area contributed by atoms with Crippen LogP contribution in [0.4, 0.5) is 5.69 Å². The molecular weight excluding hydrogens is 245 g/mol. The highest BCUT2D eigenvalue weighted by molar-refractivity contribution is 6.54. The van der Waals surface area contributed by atoms with Gasteiger partial charge in [0.05, 0.1) is 11.2 Å². The van der Waals surface area contributed by atoms with E-state index in [-0.39, 0.29) is 11.2 Å². The van der Waals surface area contributed by atoms with Crippen LogP contribution in [-0.2, 0) is 5.60 Å². The SMILES string of the molecule is [B]c1c(Cl)ccc2nc(C(C)(C)O)c(N)c([B])c12. The number of benzene rings is 1. The van der Waals surface area contributed by atoms with E-state index >= 15 is 0 Å². The number of aliphatic hydroxyl groups is 1. The number of nitrogen functional groups attached to an aromatic ring is 1. The number of halogens is 1. The Kier molecular flexibility index (Phi) is 3.07. The lowest BCUT2D eigenvalue weighted by atomic mass is 9.80. The Morgan fingerprint density at radius 2 is 1.89 bits per heavy atom. The smallest absolute Gasteiger partial charge is 0.117 e. The molecule has 0 bridgehead atoms. The van der Waals surface area contributed by atoms with Crippen molar-refractivity contribution in [2.75, 3.05) is 5.73 Å². The number of rotatable bonds is 1. The molecule has 18 heavy (non-hydrogen) atoms. The van der Waals surface area contributed by atoms with Gasteiger partial charge in [-0.2, -0.15) is 0 Å². The van der Waals surface area contributed by atoms with E-state index in [1.165, 1.54) is 0 Å². The van der Waals surface area contributed by atoms with Crippen LogP contribution in [0.2, 0.25) is 5.02 Å². The zero-order valence-electron chi connectivity index (χ0n) is 10.2. The van der Waals surface area contributed by atoms with Gasteiger partial charge >= 0.3 is 0 Å². The average molecular weight is 256 g/mol. The minimum Gasteiger partial charge on any atom is -0.398 e. The number of hydrogen-bond acceptors (Lipinski definition) is 3. The Labute approximate surface area is 113 Å². The van der Waals surface area contributed by atoms with Gasteiger partial charge in [0.1, 0.15) is 21.3 Å². The predicted octanol–water partition coefficient (Wildman–Crippen LogP) is 0.285. The fourth-order valence-electron chi connectivity index (χ4n) is 1.87. The van der Waals surface area contributed by atoms with Crippen LogP contribution in [0.25, 0.3) is 10.9 Å². The van der Waals surface area contributed by atoms with Crippen molar-refractivity contribution in [3.63, 3.8) is 0 Å². The van der Waals surface area contributed by atoms with Crippen molar-refractivity contribution in [3.05, 3.63) is 22.8 Å². The number of nitrogens with two attached hydrogens (primary N) is 1. The maximum absolute atomic E-state index is 10.0. The molecule has 88 valence electrons. The van der Waals surface area contributed by atoms with Crippen LogP contribution in [0.1, 0.15) is 19.5 Å². The highest BCUT2D eigenvalue weighted by atomic mass is 35.5. The lowest BCUT2D eigenvalue weighted by molar-refractivity contribution is 0.0751. The first-order chi connectivity index (χ1) is 8.23. The molecule has 3 nitrogen and oxygen atoms in total. The third kappa shape index (κ3) is 1.98.